The van der Waals surface area contributed by atoms with Gasteiger partial charge in [0.25, 0.3) is 0 Å². The van der Waals surface area contributed by atoms with Crippen LogP contribution in [0.4, 0.5) is 4.39 Å². The molecule has 2 nitrogen and oxygen atoms in total. The van der Waals surface area contributed by atoms with Crippen molar-refractivity contribution in [2.24, 2.45) is 0 Å². The van der Waals surface area contributed by atoms with Gasteiger partial charge in [-0.15, -0.1) is 0 Å². The molecule has 0 spiro atoms. The van der Waals surface area contributed by atoms with E-state index in [1.165, 1.54) is 7.11 Å². The third-order valence-electron chi connectivity index (χ3n) is 2.48. The van der Waals surface area contributed by atoms with Gasteiger partial charge in [-0.25, -0.2) is 4.39 Å². The van der Waals surface area contributed by atoms with Crippen LogP contribution in [0.1, 0.15) is 5.56 Å². The molecule has 2 aromatic rings. The fourth-order valence-electron chi connectivity index (χ4n) is 1.54. The van der Waals surface area contributed by atoms with Crippen LogP contribution in [-0.2, 0) is 6.61 Å². The fourth-order valence-corrected chi connectivity index (χ4v) is 1.94. The van der Waals surface area contributed by atoms with Gasteiger partial charge in [0.1, 0.15) is 12.4 Å². The first-order valence-electron chi connectivity index (χ1n) is 5.41. The number of ether oxygens (including phenoxy) is 2. The summed E-state index contributed by atoms with van der Waals surface area (Å²) in [5, 5.41) is 0. The highest BCUT2D eigenvalue weighted by atomic mass is 79.9. The normalized spacial score (nSPS) is 10.2. The number of hydrogen-bond acceptors (Lipinski definition) is 2. The smallest absolute Gasteiger partial charge is 0.171 e. The highest BCUT2D eigenvalue weighted by Gasteiger charge is 2.09. The monoisotopic (exact) mass is 310 g/mol. The average Bonchev–Trinajstić information content (AvgIpc) is 2.39. The van der Waals surface area contributed by atoms with Gasteiger partial charge in [0.05, 0.1) is 11.6 Å². The van der Waals surface area contributed by atoms with Crippen molar-refractivity contribution in [1.29, 1.82) is 0 Å². The molecule has 0 aromatic heterocycles. The molecule has 0 N–H and O–H groups in total. The molecule has 0 bridgehead atoms. The Labute approximate surface area is 113 Å². The number of para-hydroxylation sites is 1. The van der Waals surface area contributed by atoms with Crippen LogP contribution < -0.4 is 9.47 Å². The quantitative estimate of drug-likeness (QED) is 0.843. The van der Waals surface area contributed by atoms with Gasteiger partial charge >= 0.3 is 0 Å². The van der Waals surface area contributed by atoms with Crippen molar-refractivity contribution in [3.8, 4) is 11.5 Å². The molecule has 0 fully saturated rings. The average molecular weight is 311 g/mol. The summed E-state index contributed by atoms with van der Waals surface area (Å²) in [6, 6.07) is 12.4. The molecule has 2 aromatic carbocycles. The first-order valence-corrected chi connectivity index (χ1v) is 6.20. The standard InChI is InChI=1S/C14H12BrFO2/c1-17-13-8-4-5-10(14(13)16)9-18-12-7-3-2-6-11(12)15/h2-8H,9H2,1H3. The van der Waals surface area contributed by atoms with Crippen molar-refractivity contribution < 1.29 is 13.9 Å². The summed E-state index contributed by atoms with van der Waals surface area (Å²) >= 11 is 3.37. The number of hydrogen-bond donors (Lipinski definition) is 0. The van der Waals surface area contributed by atoms with E-state index >= 15 is 0 Å². The van der Waals surface area contributed by atoms with E-state index < -0.39 is 0 Å². The SMILES string of the molecule is COc1cccc(COc2ccccc2Br)c1F. The van der Waals surface area contributed by atoms with Gasteiger partial charge in [-0.3, -0.25) is 0 Å². The Morgan fingerprint density at radius 2 is 1.78 bits per heavy atom. The third-order valence-corrected chi connectivity index (χ3v) is 3.14. The Bertz CT molecular complexity index is 543. The second kappa shape index (κ2) is 5.87. The zero-order valence-corrected chi connectivity index (χ0v) is 11.4. The lowest BCUT2D eigenvalue weighted by molar-refractivity contribution is 0.294. The predicted octanol–water partition coefficient (Wildman–Crippen LogP) is 4.18. The molecule has 94 valence electrons. The number of benzene rings is 2. The van der Waals surface area contributed by atoms with E-state index in [-0.39, 0.29) is 18.2 Å². The van der Waals surface area contributed by atoms with Crippen LogP contribution in [0.15, 0.2) is 46.9 Å². The van der Waals surface area contributed by atoms with Crippen molar-refractivity contribution in [2.75, 3.05) is 7.11 Å². The van der Waals surface area contributed by atoms with Gasteiger partial charge in [0.15, 0.2) is 11.6 Å². The maximum atomic E-state index is 13.9. The lowest BCUT2D eigenvalue weighted by atomic mass is 10.2. The Morgan fingerprint density at radius 1 is 1.06 bits per heavy atom. The first-order chi connectivity index (χ1) is 8.72. The number of rotatable bonds is 4. The summed E-state index contributed by atoms with van der Waals surface area (Å²) < 4.78 is 25.2. The van der Waals surface area contributed by atoms with Crippen LogP contribution >= 0.6 is 15.9 Å². The molecule has 0 aliphatic carbocycles. The van der Waals surface area contributed by atoms with Crippen LogP contribution in [0.3, 0.4) is 0 Å². The maximum absolute atomic E-state index is 13.9. The van der Waals surface area contributed by atoms with E-state index in [1.807, 2.05) is 24.3 Å². The minimum atomic E-state index is -0.382. The Balaban J connectivity index is 2.14. The summed E-state index contributed by atoms with van der Waals surface area (Å²) in [7, 11) is 1.44. The second-order valence-electron chi connectivity index (χ2n) is 3.65. The van der Waals surface area contributed by atoms with Gasteiger partial charge < -0.3 is 9.47 Å². The van der Waals surface area contributed by atoms with Crippen molar-refractivity contribution in [1.82, 2.24) is 0 Å². The Morgan fingerprint density at radius 3 is 2.50 bits per heavy atom. The zero-order chi connectivity index (χ0) is 13.0. The summed E-state index contributed by atoms with van der Waals surface area (Å²) in [4.78, 5) is 0. The molecular weight excluding hydrogens is 299 g/mol. The molecule has 18 heavy (non-hydrogen) atoms. The molecule has 0 unspecified atom stereocenters. The molecule has 0 saturated heterocycles. The molecule has 0 amide bonds. The molecule has 0 saturated carbocycles. The Hall–Kier alpha value is -1.55. The van der Waals surface area contributed by atoms with Crippen molar-refractivity contribution >= 4 is 15.9 Å². The molecule has 0 aliphatic rings. The van der Waals surface area contributed by atoms with E-state index in [2.05, 4.69) is 15.9 Å². The van der Waals surface area contributed by atoms with Crippen molar-refractivity contribution in [2.45, 2.75) is 6.61 Å². The Kier molecular flexibility index (Phi) is 4.20. The van der Waals surface area contributed by atoms with E-state index in [0.717, 1.165) is 4.47 Å². The summed E-state index contributed by atoms with van der Waals surface area (Å²) in [6.45, 7) is 0.158. The molecule has 0 heterocycles. The lowest BCUT2D eigenvalue weighted by Crippen LogP contribution is -2.00. The molecule has 0 radical (unpaired) electrons. The van der Waals surface area contributed by atoms with Crippen LogP contribution in [0.5, 0.6) is 11.5 Å². The van der Waals surface area contributed by atoms with Crippen LogP contribution in [0, 0.1) is 5.82 Å². The fraction of sp³-hybridized carbons (Fsp3) is 0.143. The van der Waals surface area contributed by atoms with Gasteiger partial charge in [-0.2, -0.15) is 0 Å². The lowest BCUT2D eigenvalue weighted by Gasteiger charge is -2.10. The van der Waals surface area contributed by atoms with E-state index in [1.54, 1.807) is 18.2 Å². The highest BCUT2D eigenvalue weighted by molar-refractivity contribution is 9.10. The van der Waals surface area contributed by atoms with Crippen LogP contribution in [0.25, 0.3) is 0 Å². The highest BCUT2D eigenvalue weighted by Crippen LogP contribution is 2.26. The third kappa shape index (κ3) is 2.82. The first kappa shape index (κ1) is 12.9. The summed E-state index contributed by atoms with van der Waals surface area (Å²) in [6.07, 6.45) is 0. The largest absolute Gasteiger partial charge is 0.494 e. The van der Waals surface area contributed by atoms with Crippen molar-refractivity contribution in [3.05, 3.63) is 58.3 Å². The van der Waals surface area contributed by atoms with Gasteiger partial charge in [-0.05, 0) is 34.1 Å². The molecule has 4 heteroatoms. The minimum absolute atomic E-state index is 0.158. The van der Waals surface area contributed by atoms with E-state index in [9.17, 15) is 4.39 Å². The van der Waals surface area contributed by atoms with Crippen LogP contribution in [0.2, 0.25) is 0 Å². The maximum Gasteiger partial charge on any atom is 0.171 e. The van der Waals surface area contributed by atoms with Crippen molar-refractivity contribution in [3.63, 3.8) is 0 Å². The second-order valence-corrected chi connectivity index (χ2v) is 4.51. The summed E-state index contributed by atoms with van der Waals surface area (Å²) in [5.74, 6) is 0.523. The van der Waals surface area contributed by atoms with Crippen LogP contribution in [-0.4, -0.2) is 7.11 Å². The van der Waals surface area contributed by atoms with Gasteiger partial charge in [0, 0.05) is 5.56 Å². The molecule has 0 aliphatic heterocycles. The van der Waals surface area contributed by atoms with Gasteiger partial charge in [0.2, 0.25) is 0 Å². The topological polar surface area (TPSA) is 18.5 Å². The zero-order valence-electron chi connectivity index (χ0n) is 9.82. The minimum Gasteiger partial charge on any atom is -0.494 e. The molecular formula is C14H12BrFO2. The molecule has 0 atom stereocenters. The van der Waals surface area contributed by atoms with E-state index in [0.29, 0.717) is 11.3 Å². The number of methoxy groups -OCH3 is 1. The van der Waals surface area contributed by atoms with E-state index in [4.69, 9.17) is 9.47 Å². The molecule has 2 rings (SSSR count). The predicted molar refractivity (Wildman–Crippen MR) is 71.4 cm³/mol. The number of halogens is 2. The summed E-state index contributed by atoms with van der Waals surface area (Å²) in [5.41, 5.74) is 0.463. The van der Waals surface area contributed by atoms with Gasteiger partial charge in [-0.1, -0.05) is 24.3 Å².